The van der Waals surface area contributed by atoms with Crippen LogP contribution in [0.2, 0.25) is 0 Å². The van der Waals surface area contributed by atoms with E-state index < -0.39 is 24.4 Å². The third kappa shape index (κ3) is 7.31. The fourth-order valence-corrected chi connectivity index (χ4v) is 3.65. The van der Waals surface area contributed by atoms with E-state index in [0.29, 0.717) is 5.56 Å². The van der Waals surface area contributed by atoms with Crippen LogP contribution in [0.5, 0.6) is 0 Å². The van der Waals surface area contributed by atoms with Crippen LogP contribution >= 0.6 is 0 Å². The topological polar surface area (TPSA) is 84.9 Å². The maximum absolute atomic E-state index is 12.2. The molecule has 3 rings (SSSR count). The third-order valence-corrected chi connectivity index (χ3v) is 4.91. The Morgan fingerprint density at radius 3 is 2.23 bits per heavy atom. The van der Waals surface area contributed by atoms with Gasteiger partial charge in [0.1, 0.15) is 0 Å². The summed E-state index contributed by atoms with van der Waals surface area (Å²) >= 11 is 0. The lowest BCUT2D eigenvalue weighted by Gasteiger charge is -2.35. The monoisotopic (exact) mass is 424 g/mol. The summed E-state index contributed by atoms with van der Waals surface area (Å²) in [7, 11) is 0. The number of morpholine rings is 1. The Labute approximate surface area is 182 Å². The molecule has 1 fully saturated rings. The van der Waals surface area contributed by atoms with Crippen molar-refractivity contribution < 1.29 is 23.9 Å². The Morgan fingerprint density at radius 1 is 0.935 bits per heavy atom. The van der Waals surface area contributed by atoms with Gasteiger partial charge in [0.15, 0.2) is 6.61 Å². The van der Waals surface area contributed by atoms with Crippen molar-refractivity contribution in [1.29, 1.82) is 0 Å². The predicted octanol–water partition coefficient (Wildman–Crippen LogP) is 2.34. The van der Waals surface area contributed by atoms with Gasteiger partial charge in [-0.1, -0.05) is 42.5 Å². The molecule has 7 nitrogen and oxygen atoms in total. The highest BCUT2D eigenvalue weighted by Crippen LogP contribution is 2.15. The van der Waals surface area contributed by atoms with Gasteiger partial charge >= 0.3 is 5.97 Å². The van der Waals surface area contributed by atoms with Crippen LogP contribution in [0.4, 0.5) is 0 Å². The smallest absolute Gasteiger partial charge is 0.338 e. The molecule has 2 atom stereocenters. The van der Waals surface area contributed by atoms with Crippen molar-refractivity contribution in [1.82, 2.24) is 10.2 Å². The van der Waals surface area contributed by atoms with Crippen LogP contribution in [0.15, 0.2) is 54.6 Å². The van der Waals surface area contributed by atoms with E-state index in [-0.39, 0.29) is 18.6 Å². The number of ether oxygens (including phenoxy) is 2. The highest BCUT2D eigenvalue weighted by molar-refractivity contribution is 5.98. The average Bonchev–Trinajstić information content (AvgIpc) is 2.72. The molecule has 0 bridgehead atoms. The molecule has 1 N–H and O–H groups in total. The molecule has 0 spiro atoms. The third-order valence-electron chi connectivity index (χ3n) is 4.91. The minimum Gasteiger partial charge on any atom is -0.452 e. The lowest BCUT2D eigenvalue weighted by Crippen LogP contribution is -2.44. The highest BCUT2D eigenvalue weighted by Gasteiger charge is 2.22. The number of rotatable bonds is 7. The maximum atomic E-state index is 12.2. The Bertz CT molecular complexity index is 888. The molecule has 0 aliphatic carbocycles. The Hall–Kier alpha value is -3.03. The number of carbonyl (C=O) groups excluding carboxylic acids is 3. The zero-order valence-corrected chi connectivity index (χ0v) is 17.9. The van der Waals surface area contributed by atoms with Gasteiger partial charge in [-0.3, -0.25) is 19.8 Å². The van der Waals surface area contributed by atoms with Gasteiger partial charge in [-0.15, -0.1) is 0 Å². The van der Waals surface area contributed by atoms with E-state index >= 15 is 0 Å². The van der Waals surface area contributed by atoms with Crippen molar-refractivity contribution in [3.63, 3.8) is 0 Å². The zero-order valence-electron chi connectivity index (χ0n) is 17.9. The molecule has 2 unspecified atom stereocenters. The first-order valence-corrected chi connectivity index (χ1v) is 10.4. The fourth-order valence-electron chi connectivity index (χ4n) is 3.65. The number of nitrogens with zero attached hydrogens (tertiary/aromatic N) is 1. The molecule has 0 saturated carbocycles. The van der Waals surface area contributed by atoms with Gasteiger partial charge in [-0.25, -0.2) is 4.79 Å². The number of imide groups is 1. The molecule has 1 saturated heterocycles. The summed E-state index contributed by atoms with van der Waals surface area (Å²) in [5.74, 6) is -1.70. The van der Waals surface area contributed by atoms with Crippen molar-refractivity contribution >= 4 is 17.8 Å². The molecule has 2 aromatic rings. The molecule has 31 heavy (non-hydrogen) atoms. The molecule has 0 radical (unpaired) electrons. The molecule has 1 heterocycles. The molecule has 2 amide bonds. The van der Waals surface area contributed by atoms with Gasteiger partial charge in [-0.2, -0.15) is 0 Å². The molecule has 0 aromatic heterocycles. The van der Waals surface area contributed by atoms with Crippen molar-refractivity contribution in [2.24, 2.45) is 0 Å². The van der Waals surface area contributed by atoms with Crippen molar-refractivity contribution in [2.75, 3.05) is 19.7 Å². The van der Waals surface area contributed by atoms with Crippen molar-refractivity contribution in [3.8, 4) is 0 Å². The van der Waals surface area contributed by atoms with Crippen LogP contribution in [-0.4, -0.2) is 54.6 Å². The van der Waals surface area contributed by atoms with E-state index in [1.807, 2.05) is 30.3 Å². The van der Waals surface area contributed by atoms with Crippen LogP contribution in [0.1, 0.15) is 35.3 Å². The molecular weight excluding hydrogens is 396 g/mol. The summed E-state index contributed by atoms with van der Waals surface area (Å²) in [6.07, 6.45) is 0.482. The normalized spacial score (nSPS) is 18.9. The first-order chi connectivity index (χ1) is 14.9. The van der Waals surface area contributed by atoms with Gasteiger partial charge in [-0.05, 0) is 37.1 Å². The lowest BCUT2D eigenvalue weighted by molar-refractivity contribution is -0.132. The van der Waals surface area contributed by atoms with E-state index in [2.05, 4.69) is 24.1 Å². The summed E-state index contributed by atoms with van der Waals surface area (Å²) in [5.41, 5.74) is 2.24. The Kier molecular flexibility index (Phi) is 7.92. The highest BCUT2D eigenvalue weighted by atomic mass is 16.5. The number of amides is 2. The van der Waals surface area contributed by atoms with Crippen molar-refractivity contribution in [2.45, 2.75) is 39.0 Å². The number of nitrogens with one attached hydrogen (secondary N) is 1. The zero-order chi connectivity index (χ0) is 22.2. The standard InChI is InChI=1S/C24H28N2O5/c1-17-13-26(14-18(2)31-17)15-20-8-10-21(11-9-20)24(29)30-16-23(28)25-22(27)12-19-6-4-3-5-7-19/h3-11,17-18H,12-16H2,1-2H3,(H,25,27,28). The van der Waals surface area contributed by atoms with E-state index in [0.717, 1.165) is 30.8 Å². The van der Waals surface area contributed by atoms with Crippen molar-refractivity contribution in [3.05, 3.63) is 71.3 Å². The SMILES string of the molecule is CC1CN(Cc2ccc(C(=O)OCC(=O)NC(=O)Cc3ccccc3)cc2)CC(C)O1. The quantitative estimate of drug-likeness (QED) is 0.687. The number of benzene rings is 2. The largest absolute Gasteiger partial charge is 0.452 e. The van der Waals surface area contributed by atoms with Crippen LogP contribution in [0, 0.1) is 0 Å². The summed E-state index contributed by atoms with van der Waals surface area (Å²) < 4.78 is 10.8. The Balaban J connectivity index is 1.42. The second kappa shape index (κ2) is 10.8. The average molecular weight is 424 g/mol. The molecule has 164 valence electrons. The van der Waals surface area contributed by atoms with Crippen LogP contribution in [0.25, 0.3) is 0 Å². The molecule has 7 heteroatoms. The van der Waals surface area contributed by atoms with Crippen LogP contribution < -0.4 is 5.32 Å². The second-order valence-electron chi connectivity index (χ2n) is 7.86. The second-order valence-corrected chi connectivity index (χ2v) is 7.86. The summed E-state index contributed by atoms with van der Waals surface area (Å²) in [5, 5.41) is 2.23. The summed E-state index contributed by atoms with van der Waals surface area (Å²) in [6.45, 7) is 6.13. The van der Waals surface area contributed by atoms with E-state index in [1.54, 1.807) is 24.3 Å². The van der Waals surface area contributed by atoms with E-state index in [1.165, 1.54) is 0 Å². The first kappa shape index (κ1) is 22.7. The maximum Gasteiger partial charge on any atom is 0.338 e. The van der Waals surface area contributed by atoms with Crippen LogP contribution in [-0.2, 0) is 32.0 Å². The molecule has 2 aromatic carbocycles. The van der Waals surface area contributed by atoms with Gasteiger partial charge in [0.2, 0.25) is 5.91 Å². The van der Waals surface area contributed by atoms with E-state index in [9.17, 15) is 14.4 Å². The van der Waals surface area contributed by atoms with Gasteiger partial charge in [0, 0.05) is 19.6 Å². The number of hydrogen-bond acceptors (Lipinski definition) is 6. The molecule has 1 aliphatic rings. The first-order valence-electron chi connectivity index (χ1n) is 10.4. The lowest BCUT2D eigenvalue weighted by atomic mass is 10.1. The number of carbonyl (C=O) groups is 3. The number of esters is 1. The summed E-state index contributed by atoms with van der Waals surface area (Å²) in [4.78, 5) is 38.3. The molecule has 1 aliphatic heterocycles. The molecular formula is C24H28N2O5. The summed E-state index contributed by atoms with van der Waals surface area (Å²) in [6, 6.07) is 16.2. The number of hydrogen-bond donors (Lipinski definition) is 1. The minimum absolute atomic E-state index is 0.0860. The van der Waals surface area contributed by atoms with Gasteiger partial charge in [0.25, 0.3) is 5.91 Å². The predicted molar refractivity (Wildman–Crippen MR) is 115 cm³/mol. The minimum atomic E-state index is -0.651. The Morgan fingerprint density at radius 2 is 1.58 bits per heavy atom. The van der Waals surface area contributed by atoms with Gasteiger partial charge < -0.3 is 9.47 Å². The van der Waals surface area contributed by atoms with Gasteiger partial charge in [0.05, 0.1) is 24.2 Å². The van der Waals surface area contributed by atoms with E-state index in [4.69, 9.17) is 9.47 Å². The van der Waals surface area contributed by atoms with Crippen LogP contribution in [0.3, 0.4) is 0 Å². The fraction of sp³-hybridized carbons (Fsp3) is 0.375.